The van der Waals surface area contributed by atoms with Gasteiger partial charge in [-0.1, -0.05) is 0 Å². The molecule has 4 aliphatic heterocycles. The van der Waals surface area contributed by atoms with Gasteiger partial charge in [0.2, 0.25) is 0 Å². The minimum Gasteiger partial charge on any atom is -0.507 e. The fraction of sp³-hybridized carbons (Fsp3) is 0.571. The zero-order valence-corrected chi connectivity index (χ0v) is 22.8. The average Bonchev–Trinajstić information content (AvgIpc) is 3.33. The number of aromatic hydroxyl groups is 1. The molecule has 0 radical (unpaired) electrons. The van der Waals surface area contributed by atoms with Crippen molar-refractivity contribution in [2.75, 3.05) is 49.2 Å². The predicted molar refractivity (Wildman–Crippen MR) is 137 cm³/mol. The minimum absolute atomic E-state index is 0.0199. The monoisotopic (exact) mass is 512 g/mol. The standard InChI is InChI=1S/C28H36N2O7/c1-12-22(31)14-9-16-21-20-15(23(32-4)13(2)25(34-6)27(20)36-8)10-17(29(21)3)28-30(16)18(11-37-28)19(14)26(35-7)24(12)33-5/h16-18,21,28,31H,9-11H2,1-8H3/t16?,17-,18-,21+,28?/m0/s1. The minimum atomic E-state index is -0.102. The van der Waals surface area contributed by atoms with E-state index in [1.165, 1.54) is 0 Å². The van der Waals surface area contributed by atoms with E-state index < -0.39 is 0 Å². The van der Waals surface area contributed by atoms with E-state index in [1.807, 2.05) is 13.8 Å². The molecule has 200 valence electrons. The molecule has 2 saturated heterocycles. The summed E-state index contributed by atoms with van der Waals surface area (Å²) in [6.45, 7) is 4.40. The average molecular weight is 513 g/mol. The van der Waals surface area contributed by atoms with Crippen molar-refractivity contribution in [2.24, 2.45) is 0 Å². The highest BCUT2D eigenvalue weighted by Gasteiger charge is 2.59. The van der Waals surface area contributed by atoms with Crippen LogP contribution in [0.5, 0.6) is 34.5 Å². The van der Waals surface area contributed by atoms with Gasteiger partial charge in [-0.05, 0) is 33.7 Å². The summed E-state index contributed by atoms with van der Waals surface area (Å²) in [4.78, 5) is 4.92. The molecule has 2 aromatic rings. The number of hydrogen-bond donors (Lipinski definition) is 1. The quantitative estimate of drug-likeness (QED) is 0.649. The van der Waals surface area contributed by atoms with Crippen molar-refractivity contribution in [3.8, 4) is 34.5 Å². The molecule has 0 aromatic heterocycles. The van der Waals surface area contributed by atoms with E-state index in [2.05, 4.69) is 16.8 Å². The number of rotatable bonds is 5. The lowest BCUT2D eigenvalue weighted by Crippen LogP contribution is -2.66. The van der Waals surface area contributed by atoms with Gasteiger partial charge in [-0.15, -0.1) is 0 Å². The summed E-state index contributed by atoms with van der Waals surface area (Å²) < 4.78 is 36.0. The topological polar surface area (TPSA) is 82.1 Å². The molecule has 2 bridgehead atoms. The van der Waals surface area contributed by atoms with Crippen molar-refractivity contribution in [2.45, 2.75) is 57.1 Å². The van der Waals surface area contributed by atoms with Crippen molar-refractivity contribution in [1.82, 2.24) is 9.80 Å². The summed E-state index contributed by atoms with van der Waals surface area (Å²) in [7, 11) is 10.5. The molecule has 1 N–H and O–H groups in total. The lowest BCUT2D eigenvalue weighted by Gasteiger charge is -2.58. The smallest absolute Gasteiger partial charge is 0.167 e. The fourth-order valence-corrected chi connectivity index (χ4v) is 7.64. The Hall–Kier alpha value is -2.88. The van der Waals surface area contributed by atoms with Gasteiger partial charge in [0.05, 0.1) is 60.3 Å². The molecule has 0 aliphatic carbocycles. The van der Waals surface area contributed by atoms with Gasteiger partial charge in [0.1, 0.15) is 17.7 Å². The lowest BCUT2D eigenvalue weighted by molar-refractivity contribution is -0.131. The van der Waals surface area contributed by atoms with Crippen LogP contribution in [0.4, 0.5) is 0 Å². The zero-order chi connectivity index (χ0) is 26.3. The molecule has 0 amide bonds. The van der Waals surface area contributed by atoms with E-state index in [0.717, 1.165) is 45.7 Å². The summed E-state index contributed by atoms with van der Waals surface area (Å²) in [5.41, 5.74) is 5.73. The van der Waals surface area contributed by atoms with Crippen LogP contribution in [0, 0.1) is 13.8 Å². The number of piperazine rings is 1. The van der Waals surface area contributed by atoms with Crippen LogP contribution in [-0.4, -0.2) is 82.4 Å². The van der Waals surface area contributed by atoms with E-state index in [9.17, 15) is 5.11 Å². The summed E-state index contributed by atoms with van der Waals surface area (Å²) in [6, 6.07) is 0.0708. The first-order chi connectivity index (χ1) is 17.8. The Bertz CT molecular complexity index is 1280. The zero-order valence-electron chi connectivity index (χ0n) is 22.8. The van der Waals surface area contributed by atoms with E-state index in [0.29, 0.717) is 35.8 Å². The highest BCUT2D eigenvalue weighted by molar-refractivity contribution is 5.67. The molecule has 2 unspecified atom stereocenters. The molecule has 2 aromatic carbocycles. The molecule has 5 atom stereocenters. The second-order valence-corrected chi connectivity index (χ2v) is 10.4. The van der Waals surface area contributed by atoms with Gasteiger partial charge < -0.3 is 33.5 Å². The molecule has 6 rings (SSSR count). The number of phenolic OH excluding ortho intramolecular Hbond substituents is 1. The molecule has 2 fully saturated rings. The van der Waals surface area contributed by atoms with Gasteiger partial charge in [-0.3, -0.25) is 9.80 Å². The molecule has 0 spiro atoms. The van der Waals surface area contributed by atoms with Gasteiger partial charge >= 0.3 is 0 Å². The fourth-order valence-electron chi connectivity index (χ4n) is 7.64. The van der Waals surface area contributed by atoms with Crippen LogP contribution in [0.3, 0.4) is 0 Å². The second kappa shape index (κ2) is 8.58. The van der Waals surface area contributed by atoms with E-state index in [-0.39, 0.29) is 36.1 Å². The van der Waals surface area contributed by atoms with Crippen LogP contribution in [0.2, 0.25) is 0 Å². The third-order valence-electron chi connectivity index (χ3n) is 9.08. The maximum Gasteiger partial charge on any atom is 0.167 e. The Morgan fingerprint density at radius 1 is 0.730 bits per heavy atom. The maximum absolute atomic E-state index is 11.4. The molecular weight excluding hydrogens is 476 g/mol. The van der Waals surface area contributed by atoms with Gasteiger partial charge in [-0.25, -0.2) is 0 Å². The number of phenols is 1. The molecule has 4 aliphatic rings. The third kappa shape index (κ3) is 2.96. The first-order valence-corrected chi connectivity index (χ1v) is 12.7. The first-order valence-electron chi connectivity index (χ1n) is 12.7. The van der Waals surface area contributed by atoms with E-state index in [1.54, 1.807) is 35.5 Å². The van der Waals surface area contributed by atoms with Crippen LogP contribution in [-0.2, 0) is 17.6 Å². The highest BCUT2D eigenvalue weighted by Crippen LogP contribution is 2.60. The van der Waals surface area contributed by atoms with Gasteiger partial charge in [-0.2, -0.15) is 0 Å². The number of fused-ring (bicyclic) bond motifs is 8. The SMILES string of the molecule is COc1c(C)c(OC)c(OC)c2c1C[C@H]1C3OC[C@H]4c5c(c(O)c(C)c(OC)c5OC)CC([C@H]2N1C)N34. The Labute approximate surface area is 217 Å². The molecule has 4 heterocycles. The van der Waals surface area contributed by atoms with Crippen molar-refractivity contribution in [3.63, 3.8) is 0 Å². The van der Waals surface area contributed by atoms with Crippen LogP contribution in [0.25, 0.3) is 0 Å². The van der Waals surface area contributed by atoms with Gasteiger partial charge in [0, 0.05) is 39.4 Å². The number of nitrogens with zero attached hydrogens (tertiary/aromatic N) is 2. The number of hydrogen-bond acceptors (Lipinski definition) is 9. The number of likely N-dealkylation sites (N-methyl/N-ethyl adjacent to an activating group) is 1. The van der Waals surface area contributed by atoms with Crippen molar-refractivity contribution in [3.05, 3.63) is 33.4 Å². The van der Waals surface area contributed by atoms with Crippen molar-refractivity contribution < 1.29 is 33.5 Å². The molecular formula is C28H36N2O7. The molecule has 9 heteroatoms. The second-order valence-electron chi connectivity index (χ2n) is 10.4. The largest absolute Gasteiger partial charge is 0.507 e. The highest BCUT2D eigenvalue weighted by atomic mass is 16.5. The molecule has 0 saturated carbocycles. The summed E-state index contributed by atoms with van der Waals surface area (Å²) in [5.74, 6) is 3.82. The van der Waals surface area contributed by atoms with Crippen LogP contribution < -0.4 is 23.7 Å². The van der Waals surface area contributed by atoms with Crippen LogP contribution >= 0.6 is 0 Å². The summed E-state index contributed by atoms with van der Waals surface area (Å²) in [5, 5.41) is 11.4. The number of ether oxygens (including phenoxy) is 6. The number of methoxy groups -OCH3 is 5. The third-order valence-corrected chi connectivity index (χ3v) is 9.08. The van der Waals surface area contributed by atoms with Crippen LogP contribution in [0.1, 0.15) is 45.5 Å². The Kier molecular flexibility index (Phi) is 5.67. The Balaban J connectivity index is 1.61. The van der Waals surface area contributed by atoms with E-state index in [4.69, 9.17) is 28.4 Å². The Morgan fingerprint density at radius 2 is 1.30 bits per heavy atom. The van der Waals surface area contributed by atoms with Crippen LogP contribution in [0.15, 0.2) is 0 Å². The molecule has 37 heavy (non-hydrogen) atoms. The first kappa shape index (κ1) is 24.5. The summed E-state index contributed by atoms with van der Waals surface area (Å²) >= 11 is 0. The Morgan fingerprint density at radius 3 is 1.92 bits per heavy atom. The van der Waals surface area contributed by atoms with Gasteiger partial charge in [0.25, 0.3) is 0 Å². The molecule has 9 nitrogen and oxygen atoms in total. The summed E-state index contributed by atoms with van der Waals surface area (Å²) in [6.07, 6.45) is 1.29. The number of benzene rings is 2. The van der Waals surface area contributed by atoms with Crippen molar-refractivity contribution in [1.29, 1.82) is 0 Å². The normalized spacial score (nSPS) is 27.7. The predicted octanol–water partition coefficient (Wildman–Crippen LogP) is 3.29. The maximum atomic E-state index is 11.4. The van der Waals surface area contributed by atoms with E-state index >= 15 is 0 Å². The van der Waals surface area contributed by atoms with Gasteiger partial charge in [0.15, 0.2) is 23.0 Å². The lowest BCUT2D eigenvalue weighted by atomic mass is 9.73. The van der Waals surface area contributed by atoms with Crippen molar-refractivity contribution >= 4 is 0 Å².